The molecule has 1 aliphatic heterocycles. The van der Waals surface area contributed by atoms with Crippen LogP contribution in [0.2, 0.25) is 0 Å². The first-order valence-electron chi connectivity index (χ1n) is 5.28. The minimum absolute atomic E-state index is 0.0865. The Hall–Kier alpha value is -1.84. The maximum Gasteiger partial charge on any atom is 0.243 e. The molecule has 1 unspecified atom stereocenters. The Morgan fingerprint density at radius 2 is 1.94 bits per heavy atom. The van der Waals surface area contributed by atoms with Gasteiger partial charge >= 0.3 is 0 Å². The van der Waals surface area contributed by atoms with Crippen molar-refractivity contribution in [3.63, 3.8) is 0 Å². The van der Waals surface area contributed by atoms with Crippen molar-refractivity contribution in [1.29, 1.82) is 0 Å². The zero-order valence-electron chi connectivity index (χ0n) is 9.12. The Kier molecular flexibility index (Phi) is 2.90. The van der Waals surface area contributed by atoms with E-state index >= 15 is 0 Å². The number of hydrogen-bond donors (Lipinski definition) is 2. The molecule has 0 aliphatic carbocycles. The lowest BCUT2D eigenvalue weighted by molar-refractivity contribution is -0.133. The van der Waals surface area contributed by atoms with Crippen LogP contribution in [-0.2, 0) is 16.0 Å². The first-order valence-corrected chi connectivity index (χ1v) is 5.28. The SMILES string of the molecule is Cc1ccc(CC2NC(=O)CNC2=O)cc1. The molecular formula is C12H14N2O2. The zero-order chi connectivity index (χ0) is 11.5. The Balaban J connectivity index is 2.05. The number of amides is 2. The van der Waals surface area contributed by atoms with E-state index in [2.05, 4.69) is 10.6 Å². The van der Waals surface area contributed by atoms with E-state index < -0.39 is 6.04 Å². The van der Waals surface area contributed by atoms with Gasteiger partial charge in [-0.25, -0.2) is 0 Å². The van der Waals surface area contributed by atoms with Crippen LogP contribution in [0.25, 0.3) is 0 Å². The van der Waals surface area contributed by atoms with Gasteiger partial charge < -0.3 is 10.6 Å². The lowest BCUT2D eigenvalue weighted by atomic mass is 10.0. The standard InChI is InChI=1S/C12H14N2O2/c1-8-2-4-9(5-3-8)6-10-12(16)13-7-11(15)14-10/h2-5,10H,6-7H2,1H3,(H,13,16)(H,14,15). The molecule has 0 aromatic heterocycles. The molecule has 1 heterocycles. The molecule has 2 rings (SSSR count). The van der Waals surface area contributed by atoms with Crippen LogP contribution < -0.4 is 10.6 Å². The second-order valence-electron chi connectivity index (χ2n) is 4.03. The summed E-state index contributed by atoms with van der Waals surface area (Å²) in [6.07, 6.45) is 0.540. The minimum Gasteiger partial charge on any atom is -0.345 e. The second-order valence-corrected chi connectivity index (χ2v) is 4.03. The third-order valence-electron chi connectivity index (χ3n) is 2.64. The van der Waals surface area contributed by atoms with Crippen molar-refractivity contribution in [2.24, 2.45) is 0 Å². The number of rotatable bonds is 2. The molecule has 1 fully saturated rings. The van der Waals surface area contributed by atoms with Gasteiger partial charge in [0.2, 0.25) is 11.8 Å². The highest BCUT2D eigenvalue weighted by Gasteiger charge is 2.25. The minimum atomic E-state index is -0.441. The predicted octanol–water partition coefficient (Wildman–Crippen LogP) is 0.152. The fourth-order valence-electron chi connectivity index (χ4n) is 1.71. The van der Waals surface area contributed by atoms with Crippen LogP contribution in [-0.4, -0.2) is 24.4 Å². The molecule has 1 aromatic rings. The zero-order valence-corrected chi connectivity index (χ0v) is 9.12. The summed E-state index contributed by atoms with van der Waals surface area (Å²) in [6, 6.07) is 7.51. The number of benzene rings is 1. The van der Waals surface area contributed by atoms with Crippen molar-refractivity contribution in [3.8, 4) is 0 Å². The molecule has 1 aliphatic rings. The van der Waals surface area contributed by atoms with E-state index in [0.717, 1.165) is 5.56 Å². The van der Waals surface area contributed by atoms with E-state index in [4.69, 9.17) is 0 Å². The lowest BCUT2D eigenvalue weighted by Gasteiger charge is -2.23. The quantitative estimate of drug-likeness (QED) is 0.742. The van der Waals surface area contributed by atoms with Gasteiger partial charge in [-0.15, -0.1) is 0 Å². The molecule has 0 spiro atoms. The molecule has 0 saturated carbocycles. The molecule has 4 nitrogen and oxygen atoms in total. The van der Waals surface area contributed by atoms with E-state index in [0.29, 0.717) is 6.42 Å². The molecule has 1 atom stereocenters. The summed E-state index contributed by atoms with van der Waals surface area (Å²) in [5.41, 5.74) is 2.23. The third kappa shape index (κ3) is 2.39. The van der Waals surface area contributed by atoms with Crippen molar-refractivity contribution in [2.45, 2.75) is 19.4 Å². The van der Waals surface area contributed by atoms with Crippen LogP contribution in [0.3, 0.4) is 0 Å². The van der Waals surface area contributed by atoms with Crippen molar-refractivity contribution < 1.29 is 9.59 Å². The number of carbonyl (C=O) groups excluding carboxylic acids is 2. The Labute approximate surface area is 94.0 Å². The predicted molar refractivity (Wildman–Crippen MR) is 59.8 cm³/mol. The van der Waals surface area contributed by atoms with Crippen LogP contribution >= 0.6 is 0 Å². The van der Waals surface area contributed by atoms with Crippen LogP contribution in [0.5, 0.6) is 0 Å². The number of carbonyl (C=O) groups is 2. The van der Waals surface area contributed by atoms with Gasteiger partial charge in [0, 0.05) is 6.42 Å². The Morgan fingerprint density at radius 1 is 1.25 bits per heavy atom. The molecule has 2 amide bonds. The number of nitrogens with one attached hydrogen (secondary N) is 2. The van der Waals surface area contributed by atoms with Gasteiger partial charge in [0.1, 0.15) is 6.04 Å². The van der Waals surface area contributed by atoms with E-state index in [1.165, 1.54) is 5.56 Å². The maximum absolute atomic E-state index is 11.5. The highest BCUT2D eigenvalue weighted by molar-refractivity contribution is 5.94. The first kappa shape index (κ1) is 10.7. The summed E-state index contributed by atoms with van der Waals surface area (Å²) in [6.45, 7) is 2.10. The smallest absolute Gasteiger partial charge is 0.243 e. The van der Waals surface area contributed by atoms with Crippen LogP contribution in [0, 0.1) is 6.92 Å². The largest absolute Gasteiger partial charge is 0.345 e. The number of aryl methyl sites for hydroxylation is 1. The summed E-state index contributed by atoms with van der Waals surface area (Å²) in [5.74, 6) is -0.239. The topological polar surface area (TPSA) is 58.2 Å². The van der Waals surface area contributed by atoms with E-state index in [1.807, 2.05) is 31.2 Å². The average Bonchev–Trinajstić information content (AvgIpc) is 2.27. The summed E-state index contributed by atoms with van der Waals surface area (Å²) in [5, 5.41) is 5.24. The average molecular weight is 218 g/mol. The van der Waals surface area contributed by atoms with Crippen molar-refractivity contribution >= 4 is 11.8 Å². The molecule has 0 bridgehead atoms. The van der Waals surface area contributed by atoms with Crippen molar-refractivity contribution in [2.75, 3.05) is 6.54 Å². The van der Waals surface area contributed by atoms with Gasteiger partial charge in [-0.1, -0.05) is 29.8 Å². The van der Waals surface area contributed by atoms with Gasteiger partial charge in [0.25, 0.3) is 0 Å². The molecular weight excluding hydrogens is 204 g/mol. The Bertz CT molecular complexity index is 412. The van der Waals surface area contributed by atoms with Crippen molar-refractivity contribution in [1.82, 2.24) is 10.6 Å². The number of hydrogen-bond acceptors (Lipinski definition) is 2. The molecule has 84 valence electrons. The molecule has 1 saturated heterocycles. The molecule has 16 heavy (non-hydrogen) atoms. The molecule has 4 heteroatoms. The summed E-state index contributed by atoms with van der Waals surface area (Å²) >= 11 is 0. The van der Waals surface area contributed by atoms with Crippen LogP contribution in [0.1, 0.15) is 11.1 Å². The number of piperazine rings is 1. The Morgan fingerprint density at radius 3 is 2.62 bits per heavy atom. The van der Waals surface area contributed by atoms with Gasteiger partial charge in [0.05, 0.1) is 6.54 Å². The monoisotopic (exact) mass is 218 g/mol. The van der Waals surface area contributed by atoms with Crippen molar-refractivity contribution in [3.05, 3.63) is 35.4 Å². The molecule has 2 N–H and O–H groups in total. The molecule has 0 radical (unpaired) electrons. The summed E-state index contributed by atoms with van der Waals surface area (Å²) < 4.78 is 0. The van der Waals surface area contributed by atoms with Crippen LogP contribution in [0.15, 0.2) is 24.3 Å². The maximum atomic E-state index is 11.5. The van der Waals surface area contributed by atoms with E-state index in [1.54, 1.807) is 0 Å². The van der Waals surface area contributed by atoms with E-state index in [9.17, 15) is 9.59 Å². The van der Waals surface area contributed by atoms with Gasteiger partial charge in [0.15, 0.2) is 0 Å². The normalized spacial score (nSPS) is 20.2. The fraction of sp³-hybridized carbons (Fsp3) is 0.333. The van der Waals surface area contributed by atoms with Gasteiger partial charge in [-0.2, -0.15) is 0 Å². The molecule has 1 aromatic carbocycles. The van der Waals surface area contributed by atoms with Crippen LogP contribution in [0.4, 0.5) is 0 Å². The highest BCUT2D eigenvalue weighted by atomic mass is 16.2. The van der Waals surface area contributed by atoms with E-state index in [-0.39, 0.29) is 18.4 Å². The summed E-state index contributed by atoms with van der Waals surface area (Å²) in [7, 11) is 0. The second kappa shape index (κ2) is 4.35. The summed E-state index contributed by atoms with van der Waals surface area (Å²) in [4.78, 5) is 22.6. The fourth-order valence-corrected chi connectivity index (χ4v) is 1.71. The lowest BCUT2D eigenvalue weighted by Crippen LogP contribution is -2.56. The highest BCUT2D eigenvalue weighted by Crippen LogP contribution is 2.07. The van der Waals surface area contributed by atoms with Gasteiger partial charge in [-0.05, 0) is 12.5 Å². The third-order valence-corrected chi connectivity index (χ3v) is 2.64. The first-order chi connectivity index (χ1) is 7.65. The van der Waals surface area contributed by atoms with Gasteiger partial charge in [-0.3, -0.25) is 9.59 Å².